The second-order valence-corrected chi connectivity index (χ2v) is 7.42. The zero-order valence-electron chi connectivity index (χ0n) is 16.1. The molecule has 2 fully saturated rings. The summed E-state index contributed by atoms with van der Waals surface area (Å²) in [5.74, 6) is 1.04. The number of methoxy groups -OCH3 is 1. The van der Waals surface area contributed by atoms with Gasteiger partial charge < -0.3 is 18.9 Å². The molecule has 0 bridgehead atoms. The van der Waals surface area contributed by atoms with Gasteiger partial charge in [-0.1, -0.05) is 11.2 Å². The van der Waals surface area contributed by atoms with Crippen LogP contribution in [0.3, 0.4) is 0 Å². The van der Waals surface area contributed by atoms with Crippen molar-refractivity contribution in [3.8, 4) is 5.75 Å². The quantitative estimate of drug-likeness (QED) is 0.800. The number of amides is 1. The van der Waals surface area contributed by atoms with Crippen molar-refractivity contribution in [3.63, 3.8) is 0 Å². The molecule has 3 heterocycles. The highest BCUT2D eigenvalue weighted by Gasteiger charge is 2.47. The summed E-state index contributed by atoms with van der Waals surface area (Å²) in [6, 6.07) is 5.29. The highest BCUT2D eigenvalue weighted by molar-refractivity contribution is 5.96. The SMILES string of the molecule is COc1cccc(C(=O)N2CCC(F)(c3nc(C4CCOCC4)no3)C2)c1C. The van der Waals surface area contributed by atoms with E-state index in [0.29, 0.717) is 36.9 Å². The van der Waals surface area contributed by atoms with Gasteiger partial charge in [-0.25, -0.2) is 4.39 Å². The van der Waals surface area contributed by atoms with Crippen molar-refractivity contribution in [2.24, 2.45) is 0 Å². The molecular weight excluding hydrogens is 365 g/mol. The Balaban J connectivity index is 1.50. The molecule has 7 nitrogen and oxygen atoms in total. The number of carbonyl (C=O) groups excluding carboxylic acids is 1. The van der Waals surface area contributed by atoms with E-state index in [9.17, 15) is 4.79 Å². The van der Waals surface area contributed by atoms with Crippen LogP contribution in [-0.4, -0.2) is 54.4 Å². The molecule has 0 N–H and O–H groups in total. The fraction of sp³-hybridized carbons (Fsp3) is 0.550. The van der Waals surface area contributed by atoms with Crippen LogP contribution < -0.4 is 4.74 Å². The Morgan fingerprint density at radius 1 is 1.36 bits per heavy atom. The first kappa shape index (κ1) is 18.9. The van der Waals surface area contributed by atoms with Crippen LogP contribution in [-0.2, 0) is 10.4 Å². The standard InChI is InChI=1S/C20H24FN3O4/c1-13-15(4-3-5-16(13)26-2)18(25)24-9-8-20(21,12-24)19-22-17(23-28-19)14-6-10-27-11-7-14/h3-5,14H,6-12H2,1-2H3. The van der Waals surface area contributed by atoms with Crippen molar-refractivity contribution in [1.82, 2.24) is 15.0 Å². The lowest BCUT2D eigenvalue weighted by molar-refractivity contribution is 0.0715. The summed E-state index contributed by atoms with van der Waals surface area (Å²) in [5.41, 5.74) is -0.568. The minimum Gasteiger partial charge on any atom is -0.496 e. The van der Waals surface area contributed by atoms with Gasteiger partial charge in [-0.2, -0.15) is 4.98 Å². The minimum atomic E-state index is -1.82. The van der Waals surface area contributed by atoms with Gasteiger partial charge in [0.2, 0.25) is 5.67 Å². The molecular formula is C20H24FN3O4. The van der Waals surface area contributed by atoms with Crippen molar-refractivity contribution in [3.05, 3.63) is 41.0 Å². The average molecular weight is 389 g/mol. The molecule has 2 aromatic rings. The Kier molecular flexibility index (Phi) is 5.05. The summed E-state index contributed by atoms with van der Waals surface area (Å²) in [6.45, 7) is 3.32. The minimum absolute atomic E-state index is 0.0355. The molecule has 8 heteroatoms. The largest absolute Gasteiger partial charge is 0.496 e. The number of ether oxygens (including phenoxy) is 2. The van der Waals surface area contributed by atoms with Crippen LogP contribution in [0, 0.1) is 6.92 Å². The lowest BCUT2D eigenvalue weighted by atomic mass is 9.99. The molecule has 1 amide bonds. The molecule has 2 aliphatic rings. The van der Waals surface area contributed by atoms with E-state index in [1.165, 1.54) is 4.90 Å². The monoisotopic (exact) mass is 389 g/mol. The van der Waals surface area contributed by atoms with Crippen LogP contribution in [0.1, 0.15) is 52.8 Å². The number of halogens is 1. The number of carbonyl (C=O) groups is 1. The highest BCUT2D eigenvalue weighted by atomic mass is 19.1. The molecule has 0 radical (unpaired) electrons. The van der Waals surface area contributed by atoms with Gasteiger partial charge >= 0.3 is 0 Å². The lowest BCUT2D eigenvalue weighted by Gasteiger charge is -2.20. The first-order valence-corrected chi connectivity index (χ1v) is 9.55. The zero-order valence-corrected chi connectivity index (χ0v) is 16.1. The predicted molar refractivity (Wildman–Crippen MR) is 98.1 cm³/mol. The molecule has 1 atom stereocenters. The van der Waals surface area contributed by atoms with E-state index in [2.05, 4.69) is 10.1 Å². The number of alkyl halides is 1. The van der Waals surface area contributed by atoms with Crippen molar-refractivity contribution in [2.75, 3.05) is 33.4 Å². The van der Waals surface area contributed by atoms with Crippen molar-refractivity contribution >= 4 is 5.91 Å². The van der Waals surface area contributed by atoms with Gasteiger partial charge in [-0.15, -0.1) is 0 Å². The van der Waals surface area contributed by atoms with Gasteiger partial charge in [0.25, 0.3) is 11.8 Å². The van der Waals surface area contributed by atoms with Gasteiger partial charge in [0.15, 0.2) is 5.82 Å². The second kappa shape index (κ2) is 7.50. The second-order valence-electron chi connectivity index (χ2n) is 7.42. The summed E-state index contributed by atoms with van der Waals surface area (Å²) in [7, 11) is 1.56. The van der Waals surface area contributed by atoms with Crippen LogP contribution in [0.25, 0.3) is 0 Å². The Labute approximate surface area is 162 Å². The molecule has 1 unspecified atom stereocenters. The molecule has 150 valence electrons. The first-order valence-electron chi connectivity index (χ1n) is 9.55. The maximum atomic E-state index is 15.6. The van der Waals surface area contributed by atoms with Gasteiger partial charge in [-0.05, 0) is 31.9 Å². The van der Waals surface area contributed by atoms with E-state index in [4.69, 9.17) is 14.0 Å². The number of hydrogen-bond donors (Lipinski definition) is 0. The number of rotatable bonds is 4. The molecule has 0 aliphatic carbocycles. The van der Waals surface area contributed by atoms with Crippen molar-refractivity contribution < 1.29 is 23.2 Å². The summed E-state index contributed by atoms with van der Waals surface area (Å²) in [5, 5.41) is 3.99. The van der Waals surface area contributed by atoms with E-state index in [-0.39, 0.29) is 30.7 Å². The Bertz CT molecular complexity index is 865. The van der Waals surface area contributed by atoms with Crippen LogP contribution >= 0.6 is 0 Å². The molecule has 0 saturated carbocycles. The number of nitrogens with zero attached hydrogens (tertiary/aromatic N) is 3. The van der Waals surface area contributed by atoms with Crippen molar-refractivity contribution in [2.45, 2.75) is 37.8 Å². The summed E-state index contributed by atoms with van der Waals surface area (Å²) < 4.78 is 31.4. The van der Waals surface area contributed by atoms with Crippen molar-refractivity contribution in [1.29, 1.82) is 0 Å². The summed E-state index contributed by atoms with van der Waals surface area (Å²) >= 11 is 0. The zero-order chi connectivity index (χ0) is 19.7. The average Bonchev–Trinajstić information content (AvgIpc) is 3.37. The smallest absolute Gasteiger partial charge is 0.266 e. The fourth-order valence-electron chi connectivity index (χ4n) is 3.90. The third kappa shape index (κ3) is 3.37. The maximum absolute atomic E-state index is 15.6. The molecule has 2 aliphatic heterocycles. The van der Waals surface area contributed by atoms with E-state index in [1.807, 2.05) is 6.92 Å². The molecule has 28 heavy (non-hydrogen) atoms. The molecule has 1 aromatic heterocycles. The maximum Gasteiger partial charge on any atom is 0.266 e. The van der Waals surface area contributed by atoms with Gasteiger partial charge in [-0.3, -0.25) is 4.79 Å². The first-order chi connectivity index (χ1) is 13.5. The van der Waals surface area contributed by atoms with E-state index < -0.39 is 5.67 Å². The van der Waals surface area contributed by atoms with Crippen LogP contribution in [0.2, 0.25) is 0 Å². The Morgan fingerprint density at radius 3 is 2.89 bits per heavy atom. The van der Waals surface area contributed by atoms with Crippen LogP contribution in [0.5, 0.6) is 5.75 Å². The molecule has 4 rings (SSSR count). The Morgan fingerprint density at radius 2 is 2.14 bits per heavy atom. The van der Waals surface area contributed by atoms with Gasteiger partial charge in [0.1, 0.15) is 5.75 Å². The number of hydrogen-bond acceptors (Lipinski definition) is 6. The molecule has 2 saturated heterocycles. The third-order valence-electron chi connectivity index (χ3n) is 5.65. The number of aromatic nitrogens is 2. The highest BCUT2D eigenvalue weighted by Crippen LogP contribution is 2.37. The van der Waals surface area contributed by atoms with Crippen LogP contribution in [0.15, 0.2) is 22.7 Å². The molecule has 1 aromatic carbocycles. The van der Waals surface area contributed by atoms with E-state index >= 15 is 4.39 Å². The summed E-state index contributed by atoms with van der Waals surface area (Å²) in [4.78, 5) is 18.8. The topological polar surface area (TPSA) is 77.7 Å². The normalized spacial score (nSPS) is 23.2. The van der Waals surface area contributed by atoms with E-state index in [0.717, 1.165) is 18.4 Å². The summed E-state index contributed by atoms with van der Waals surface area (Å²) in [6.07, 6.45) is 1.74. The van der Waals surface area contributed by atoms with Gasteiger partial charge in [0.05, 0.1) is 13.7 Å². The van der Waals surface area contributed by atoms with Gasteiger partial charge in [0, 0.05) is 43.2 Å². The van der Waals surface area contributed by atoms with Crippen LogP contribution in [0.4, 0.5) is 4.39 Å². The number of benzene rings is 1. The third-order valence-corrected chi connectivity index (χ3v) is 5.65. The van der Waals surface area contributed by atoms with E-state index in [1.54, 1.807) is 25.3 Å². The number of likely N-dealkylation sites (tertiary alicyclic amines) is 1. The lowest BCUT2D eigenvalue weighted by Crippen LogP contribution is -2.33. The Hall–Kier alpha value is -2.48. The fourth-order valence-corrected chi connectivity index (χ4v) is 3.90. The molecule has 0 spiro atoms. The predicted octanol–water partition coefficient (Wildman–Crippen LogP) is 2.99.